The highest BCUT2D eigenvalue weighted by Gasteiger charge is 2.18. The van der Waals surface area contributed by atoms with Crippen molar-refractivity contribution in [1.29, 1.82) is 0 Å². The molecule has 1 amide bonds. The molecule has 0 aromatic heterocycles. The van der Waals surface area contributed by atoms with E-state index in [0.29, 0.717) is 0 Å². The first kappa shape index (κ1) is 14.3. The Kier molecular flexibility index (Phi) is 4.03. The van der Waals surface area contributed by atoms with Gasteiger partial charge in [0.15, 0.2) is 0 Å². The van der Waals surface area contributed by atoms with Crippen molar-refractivity contribution in [3.63, 3.8) is 0 Å². The molecule has 2 aromatic rings. The summed E-state index contributed by atoms with van der Waals surface area (Å²) in [6.45, 7) is 0. The molecule has 0 heterocycles. The number of amides is 1. The number of hydrogen-bond donors (Lipinski definition) is 2. The van der Waals surface area contributed by atoms with Gasteiger partial charge in [0.1, 0.15) is 17.1 Å². The van der Waals surface area contributed by atoms with Crippen molar-refractivity contribution < 1.29 is 19.6 Å². The first-order valence-corrected chi connectivity index (χ1v) is 5.94. The minimum Gasteiger partial charge on any atom is -0.507 e. The van der Waals surface area contributed by atoms with Crippen LogP contribution in [0.25, 0.3) is 0 Å². The van der Waals surface area contributed by atoms with Crippen molar-refractivity contribution in [2.45, 2.75) is 0 Å². The zero-order chi connectivity index (χ0) is 15.4. The van der Waals surface area contributed by atoms with E-state index in [9.17, 15) is 20.0 Å². The largest absolute Gasteiger partial charge is 0.507 e. The Balaban J connectivity index is 2.30. The normalized spacial score (nSPS) is 9.95. The number of aromatic hydroxyl groups is 1. The standard InChI is InChI=1S/C14H12N2O5/c1-21-12-7-3-6-11(17)13(12)14(18)15-9-4-2-5-10(8-9)16(19)20/h2-8,17H,1H3,(H,15,18). The van der Waals surface area contributed by atoms with Gasteiger partial charge in [-0.2, -0.15) is 0 Å². The van der Waals surface area contributed by atoms with Gasteiger partial charge in [-0.05, 0) is 18.2 Å². The van der Waals surface area contributed by atoms with Gasteiger partial charge in [0.25, 0.3) is 11.6 Å². The van der Waals surface area contributed by atoms with Crippen LogP contribution in [0.1, 0.15) is 10.4 Å². The van der Waals surface area contributed by atoms with Crippen molar-refractivity contribution in [3.8, 4) is 11.5 Å². The van der Waals surface area contributed by atoms with Crippen LogP contribution >= 0.6 is 0 Å². The number of rotatable bonds is 4. The monoisotopic (exact) mass is 288 g/mol. The predicted molar refractivity (Wildman–Crippen MR) is 75.7 cm³/mol. The van der Waals surface area contributed by atoms with Gasteiger partial charge in [-0.1, -0.05) is 12.1 Å². The molecule has 0 atom stereocenters. The molecule has 0 unspecified atom stereocenters. The average Bonchev–Trinajstić information content (AvgIpc) is 2.46. The summed E-state index contributed by atoms with van der Waals surface area (Å²) in [6, 6.07) is 9.93. The van der Waals surface area contributed by atoms with E-state index in [4.69, 9.17) is 4.74 Å². The summed E-state index contributed by atoms with van der Waals surface area (Å²) in [7, 11) is 1.37. The molecule has 7 heteroatoms. The number of benzene rings is 2. The second-order valence-electron chi connectivity index (χ2n) is 4.12. The Hall–Kier alpha value is -3.09. The highest BCUT2D eigenvalue weighted by atomic mass is 16.6. The number of anilines is 1. The van der Waals surface area contributed by atoms with Crippen LogP contribution in [0.4, 0.5) is 11.4 Å². The lowest BCUT2D eigenvalue weighted by atomic mass is 10.1. The number of non-ortho nitro benzene ring substituents is 1. The zero-order valence-corrected chi connectivity index (χ0v) is 11.1. The quantitative estimate of drug-likeness (QED) is 0.665. The molecule has 108 valence electrons. The number of methoxy groups -OCH3 is 1. The van der Waals surface area contributed by atoms with Crippen LogP contribution in [-0.4, -0.2) is 23.0 Å². The van der Waals surface area contributed by atoms with Gasteiger partial charge in [0.2, 0.25) is 0 Å². The van der Waals surface area contributed by atoms with E-state index < -0.39 is 10.8 Å². The highest BCUT2D eigenvalue weighted by Crippen LogP contribution is 2.28. The Labute approximate surface area is 119 Å². The maximum atomic E-state index is 12.2. The molecule has 0 aliphatic rings. The summed E-state index contributed by atoms with van der Waals surface area (Å²) in [5, 5.41) is 22.9. The summed E-state index contributed by atoms with van der Waals surface area (Å²) >= 11 is 0. The number of hydrogen-bond acceptors (Lipinski definition) is 5. The summed E-state index contributed by atoms with van der Waals surface area (Å²) in [4.78, 5) is 22.3. The van der Waals surface area contributed by atoms with Crippen LogP contribution in [0.2, 0.25) is 0 Å². The lowest BCUT2D eigenvalue weighted by molar-refractivity contribution is -0.384. The van der Waals surface area contributed by atoms with Crippen molar-refractivity contribution in [3.05, 3.63) is 58.1 Å². The molecule has 0 aliphatic heterocycles. The fourth-order valence-corrected chi connectivity index (χ4v) is 1.81. The van der Waals surface area contributed by atoms with E-state index in [2.05, 4.69) is 5.32 Å². The molecule has 2 aromatic carbocycles. The summed E-state index contributed by atoms with van der Waals surface area (Å²) in [6.07, 6.45) is 0. The van der Waals surface area contributed by atoms with Crippen LogP contribution in [0.5, 0.6) is 11.5 Å². The molecule has 0 spiro atoms. The molecular weight excluding hydrogens is 276 g/mol. The predicted octanol–water partition coefficient (Wildman–Crippen LogP) is 2.56. The summed E-state index contributed by atoms with van der Waals surface area (Å²) < 4.78 is 5.02. The third-order valence-corrected chi connectivity index (χ3v) is 2.77. The third kappa shape index (κ3) is 3.08. The molecule has 0 saturated heterocycles. The van der Waals surface area contributed by atoms with Crippen molar-refractivity contribution in [2.75, 3.05) is 12.4 Å². The minimum absolute atomic E-state index is 0.0356. The fourth-order valence-electron chi connectivity index (χ4n) is 1.81. The number of phenolic OH excluding ortho intramolecular Hbond substituents is 1. The van der Waals surface area contributed by atoms with E-state index in [1.807, 2.05) is 0 Å². The topological polar surface area (TPSA) is 102 Å². The maximum absolute atomic E-state index is 12.2. The molecule has 2 N–H and O–H groups in total. The van der Waals surface area contributed by atoms with Gasteiger partial charge in [-0.3, -0.25) is 14.9 Å². The number of ether oxygens (including phenoxy) is 1. The van der Waals surface area contributed by atoms with Gasteiger partial charge in [0.05, 0.1) is 12.0 Å². The highest BCUT2D eigenvalue weighted by molar-refractivity contribution is 6.08. The molecule has 2 rings (SSSR count). The van der Waals surface area contributed by atoms with Crippen LogP contribution in [0.15, 0.2) is 42.5 Å². The van der Waals surface area contributed by atoms with Crippen LogP contribution in [0, 0.1) is 10.1 Å². The second kappa shape index (κ2) is 5.91. The Morgan fingerprint density at radius 1 is 1.29 bits per heavy atom. The molecular formula is C14H12N2O5. The zero-order valence-electron chi connectivity index (χ0n) is 11.1. The van der Waals surface area contributed by atoms with E-state index in [1.165, 1.54) is 49.6 Å². The summed E-state index contributed by atoms with van der Waals surface area (Å²) in [5.41, 5.74) is 0.0723. The maximum Gasteiger partial charge on any atom is 0.271 e. The smallest absolute Gasteiger partial charge is 0.271 e. The lowest BCUT2D eigenvalue weighted by Gasteiger charge is -2.10. The average molecular weight is 288 g/mol. The molecule has 0 saturated carbocycles. The number of nitrogens with zero attached hydrogens (tertiary/aromatic N) is 1. The molecule has 0 radical (unpaired) electrons. The van der Waals surface area contributed by atoms with E-state index >= 15 is 0 Å². The number of phenols is 1. The lowest BCUT2D eigenvalue weighted by Crippen LogP contribution is -2.13. The molecule has 21 heavy (non-hydrogen) atoms. The molecule has 7 nitrogen and oxygen atoms in total. The number of nitrogens with one attached hydrogen (secondary N) is 1. The van der Waals surface area contributed by atoms with E-state index in [0.717, 1.165) is 0 Å². The number of nitro groups is 1. The van der Waals surface area contributed by atoms with Crippen molar-refractivity contribution in [2.24, 2.45) is 0 Å². The molecule has 0 bridgehead atoms. The number of carbonyl (C=O) groups is 1. The third-order valence-electron chi connectivity index (χ3n) is 2.77. The molecule has 0 fully saturated rings. The summed E-state index contributed by atoms with van der Waals surface area (Å²) in [5.74, 6) is -0.652. The number of carbonyl (C=O) groups excluding carboxylic acids is 1. The van der Waals surface area contributed by atoms with Crippen molar-refractivity contribution in [1.82, 2.24) is 0 Å². The van der Waals surface area contributed by atoms with Crippen LogP contribution in [-0.2, 0) is 0 Å². The Morgan fingerprint density at radius 2 is 2.00 bits per heavy atom. The van der Waals surface area contributed by atoms with Crippen molar-refractivity contribution >= 4 is 17.3 Å². The number of nitro benzene ring substituents is 1. The van der Waals surface area contributed by atoms with E-state index in [-0.39, 0.29) is 28.4 Å². The fraction of sp³-hybridized carbons (Fsp3) is 0.0714. The SMILES string of the molecule is COc1cccc(O)c1C(=O)Nc1cccc([N+](=O)[O-])c1. The molecule has 0 aliphatic carbocycles. The van der Waals surface area contributed by atoms with Gasteiger partial charge in [-0.15, -0.1) is 0 Å². The van der Waals surface area contributed by atoms with Crippen LogP contribution < -0.4 is 10.1 Å². The van der Waals surface area contributed by atoms with E-state index in [1.54, 1.807) is 0 Å². The van der Waals surface area contributed by atoms with Gasteiger partial charge in [-0.25, -0.2) is 0 Å². The first-order chi connectivity index (χ1) is 10.0. The van der Waals surface area contributed by atoms with Gasteiger partial charge >= 0.3 is 0 Å². The minimum atomic E-state index is -0.620. The van der Waals surface area contributed by atoms with Gasteiger partial charge < -0.3 is 15.2 Å². The van der Waals surface area contributed by atoms with Crippen LogP contribution in [0.3, 0.4) is 0 Å². The Morgan fingerprint density at radius 3 is 2.67 bits per heavy atom. The Bertz CT molecular complexity index is 700. The van der Waals surface area contributed by atoms with Gasteiger partial charge in [0, 0.05) is 17.8 Å². The first-order valence-electron chi connectivity index (χ1n) is 5.94. The second-order valence-corrected chi connectivity index (χ2v) is 4.12.